The Bertz CT molecular complexity index is 614. The van der Waals surface area contributed by atoms with E-state index in [0.717, 1.165) is 5.56 Å². The van der Waals surface area contributed by atoms with E-state index in [9.17, 15) is 4.79 Å². The molecule has 0 saturated heterocycles. The number of pyridine rings is 1. The number of nitrogens with two attached hydrogens (primary N) is 1. The van der Waals surface area contributed by atoms with Crippen LogP contribution < -0.4 is 15.8 Å². The van der Waals surface area contributed by atoms with Crippen LogP contribution in [0.5, 0.6) is 5.88 Å². The van der Waals surface area contributed by atoms with Gasteiger partial charge < -0.3 is 15.8 Å². The van der Waals surface area contributed by atoms with E-state index in [-0.39, 0.29) is 10.9 Å². The quantitative estimate of drug-likeness (QED) is 0.847. The van der Waals surface area contributed by atoms with Gasteiger partial charge in [0, 0.05) is 18.8 Å². The summed E-state index contributed by atoms with van der Waals surface area (Å²) in [7, 11) is 1.55. The zero-order chi connectivity index (χ0) is 14.5. The van der Waals surface area contributed by atoms with Gasteiger partial charge in [-0.15, -0.1) is 0 Å². The molecule has 0 spiro atoms. The van der Waals surface area contributed by atoms with Crippen molar-refractivity contribution in [3.63, 3.8) is 0 Å². The number of aromatic nitrogens is 1. The molecule has 1 heterocycles. The Labute approximate surface area is 121 Å². The highest BCUT2D eigenvalue weighted by Gasteiger charge is 2.11. The van der Waals surface area contributed by atoms with Gasteiger partial charge in [-0.3, -0.25) is 4.79 Å². The van der Waals surface area contributed by atoms with Gasteiger partial charge in [-0.2, -0.15) is 0 Å². The minimum atomic E-state index is -0.280. The molecule has 2 aromatic rings. The van der Waals surface area contributed by atoms with E-state index < -0.39 is 0 Å². The number of benzene rings is 1. The fourth-order valence-electron chi connectivity index (χ4n) is 1.64. The van der Waals surface area contributed by atoms with Crippen molar-refractivity contribution in [2.24, 2.45) is 0 Å². The Morgan fingerprint density at radius 2 is 2.20 bits per heavy atom. The van der Waals surface area contributed by atoms with Crippen LogP contribution in [0.4, 0.5) is 5.69 Å². The molecule has 6 heteroatoms. The minimum absolute atomic E-state index is 0.262. The number of methoxy groups -OCH3 is 1. The van der Waals surface area contributed by atoms with E-state index in [2.05, 4.69) is 10.3 Å². The number of carbonyl (C=O) groups excluding carboxylic acids is 1. The molecule has 0 aliphatic heterocycles. The van der Waals surface area contributed by atoms with Crippen molar-refractivity contribution in [2.75, 3.05) is 12.8 Å². The van der Waals surface area contributed by atoms with E-state index >= 15 is 0 Å². The second kappa shape index (κ2) is 6.25. The van der Waals surface area contributed by atoms with E-state index in [1.807, 2.05) is 6.07 Å². The van der Waals surface area contributed by atoms with Crippen LogP contribution >= 0.6 is 11.6 Å². The van der Waals surface area contributed by atoms with E-state index in [1.54, 1.807) is 37.6 Å². The van der Waals surface area contributed by atoms with Crippen LogP contribution in [0.2, 0.25) is 5.02 Å². The molecule has 0 bridgehead atoms. The third-order valence-electron chi connectivity index (χ3n) is 2.73. The van der Waals surface area contributed by atoms with Gasteiger partial charge in [-0.1, -0.05) is 23.7 Å². The van der Waals surface area contributed by atoms with Gasteiger partial charge in [0.25, 0.3) is 5.91 Å². The van der Waals surface area contributed by atoms with Gasteiger partial charge in [-0.05, 0) is 17.7 Å². The molecule has 2 rings (SSSR count). The molecule has 0 saturated carbocycles. The van der Waals surface area contributed by atoms with Gasteiger partial charge in [0.05, 0.1) is 23.4 Å². The van der Waals surface area contributed by atoms with Crippen LogP contribution in [0.1, 0.15) is 15.9 Å². The highest BCUT2D eigenvalue weighted by atomic mass is 35.5. The number of halogens is 1. The van der Waals surface area contributed by atoms with Crippen LogP contribution in [0.15, 0.2) is 36.5 Å². The Kier molecular flexibility index (Phi) is 4.42. The molecular weight excluding hydrogens is 278 g/mol. The van der Waals surface area contributed by atoms with Crippen LogP contribution in [0.3, 0.4) is 0 Å². The zero-order valence-electron chi connectivity index (χ0n) is 10.9. The lowest BCUT2D eigenvalue weighted by molar-refractivity contribution is 0.0951. The Hall–Kier alpha value is -2.27. The van der Waals surface area contributed by atoms with Crippen LogP contribution in [-0.2, 0) is 6.54 Å². The maximum Gasteiger partial charge on any atom is 0.253 e. The van der Waals surface area contributed by atoms with Gasteiger partial charge >= 0.3 is 0 Å². The standard InChI is InChI=1S/C14H14ClN3O2/c1-20-12-6-5-9(7-17-12)8-18-14(19)10-3-2-4-11(16)13(10)15/h2-7H,8,16H2,1H3,(H,18,19). The molecule has 5 nitrogen and oxygen atoms in total. The SMILES string of the molecule is COc1ccc(CNC(=O)c2cccc(N)c2Cl)cn1. The molecule has 0 aliphatic rings. The number of nitrogens with zero attached hydrogens (tertiary/aromatic N) is 1. The summed E-state index contributed by atoms with van der Waals surface area (Å²) >= 11 is 5.99. The lowest BCUT2D eigenvalue weighted by Crippen LogP contribution is -2.23. The average Bonchev–Trinajstić information content (AvgIpc) is 2.48. The number of rotatable bonds is 4. The van der Waals surface area contributed by atoms with E-state index in [1.165, 1.54) is 0 Å². The van der Waals surface area contributed by atoms with Crippen molar-refractivity contribution in [1.29, 1.82) is 0 Å². The number of hydrogen-bond acceptors (Lipinski definition) is 4. The smallest absolute Gasteiger partial charge is 0.253 e. The fraction of sp³-hybridized carbons (Fsp3) is 0.143. The first-order valence-corrected chi connectivity index (χ1v) is 6.30. The summed E-state index contributed by atoms with van der Waals surface area (Å²) in [6, 6.07) is 8.51. The van der Waals surface area contributed by atoms with Gasteiger partial charge in [0.1, 0.15) is 0 Å². The second-order valence-corrected chi connectivity index (χ2v) is 4.48. The average molecular weight is 292 g/mol. The molecule has 0 fully saturated rings. The molecule has 104 valence electrons. The number of ether oxygens (including phenoxy) is 1. The Balaban J connectivity index is 2.02. The lowest BCUT2D eigenvalue weighted by atomic mass is 10.2. The molecule has 20 heavy (non-hydrogen) atoms. The molecule has 0 atom stereocenters. The monoisotopic (exact) mass is 291 g/mol. The summed E-state index contributed by atoms with van der Waals surface area (Å²) in [6.45, 7) is 0.348. The highest BCUT2D eigenvalue weighted by molar-refractivity contribution is 6.36. The van der Waals surface area contributed by atoms with Crippen LogP contribution in [0.25, 0.3) is 0 Å². The third kappa shape index (κ3) is 3.19. The number of nitrogen functional groups attached to an aromatic ring is 1. The molecule has 1 aromatic heterocycles. The Morgan fingerprint density at radius 1 is 1.40 bits per heavy atom. The fourth-order valence-corrected chi connectivity index (χ4v) is 1.85. The molecular formula is C14H14ClN3O2. The first kappa shape index (κ1) is 14.1. The summed E-state index contributed by atoms with van der Waals surface area (Å²) < 4.78 is 4.96. The summed E-state index contributed by atoms with van der Waals surface area (Å²) in [4.78, 5) is 16.1. The number of nitrogens with one attached hydrogen (secondary N) is 1. The first-order chi connectivity index (χ1) is 9.61. The molecule has 0 aliphatic carbocycles. The maximum absolute atomic E-state index is 12.0. The number of anilines is 1. The maximum atomic E-state index is 12.0. The van der Waals surface area contributed by atoms with Crippen molar-refractivity contribution in [3.8, 4) is 5.88 Å². The van der Waals surface area contributed by atoms with E-state index in [4.69, 9.17) is 22.1 Å². The number of carbonyl (C=O) groups is 1. The number of amides is 1. The van der Waals surface area contributed by atoms with Crippen molar-refractivity contribution in [2.45, 2.75) is 6.54 Å². The predicted molar refractivity (Wildman–Crippen MR) is 77.8 cm³/mol. The third-order valence-corrected chi connectivity index (χ3v) is 3.15. The molecule has 3 N–H and O–H groups in total. The zero-order valence-corrected chi connectivity index (χ0v) is 11.6. The lowest BCUT2D eigenvalue weighted by Gasteiger charge is -2.08. The second-order valence-electron chi connectivity index (χ2n) is 4.10. The normalized spacial score (nSPS) is 10.1. The predicted octanol–water partition coefficient (Wildman–Crippen LogP) is 2.26. The van der Waals surface area contributed by atoms with Gasteiger partial charge in [0.15, 0.2) is 0 Å². The van der Waals surface area contributed by atoms with Gasteiger partial charge in [-0.25, -0.2) is 4.98 Å². The first-order valence-electron chi connectivity index (χ1n) is 5.93. The molecule has 0 radical (unpaired) electrons. The van der Waals surface area contributed by atoms with Crippen molar-refractivity contribution in [1.82, 2.24) is 10.3 Å². The molecule has 1 aromatic carbocycles. The summed E-state index contributed by atoms with van der Waals surface area (Å²) in [5, 5.41) is 3.02. The topological polar surface area (TPSA) is 77.2 Å². The molecule has 0 unspecified atom stereocenters. The summed E-state index contributed by atoms with van der Waals surface area (Å²) in [5.74, 6) is 0.247. The van der Waals surface area contributed by atoms with Crippen LogP contribution in [-0.4, -0.2) is 18.0 Å². The summed E-state index contributed by atoms with van der Waals surface area (Å²) in [5.41, 5.74) is 7.26. The minimum Gasteiger partial charge on any atom is -0.481 e. The molecule has 1 amide bonds. The highest BCUT2D eigenvalue weighted by Crippen LogP contribution is 2.22. The van der Waals surface area contributed by atoms with E-state index in [0.29, 0.717) is 23.7 Å². The van der Waals surface area contributed by atoms with Gasteiger partial charge in [0.2, 0.25) is 5.88 Å². The van der Waals surface area contributed by atoms with Crippen molar-refractivity contribution >= 4 is 23.2 Å². The van der Waals surface area contributed by atoms with Crippen molar-refractivity contribution in [3.05, 3.63) is 52.7 Å². The summed E-state index contributed by atoms with van der Waals surface area (Å²) in [6.07, 6.45) is 1.64. The Morgan fingerprint density at radius 3 is 2.85 bits per heavy atom. The van der Waals surface area contributed by atoms with Crippen LogP contribution in [0, 0.1) is 0 Å². The largest absolute Gasteiger partial charge is 0.481 e. The van der Waals surface area contributed by atoms with Crippen molar-refractivity contribution < 1.29 is 9.53 Å². The number of hydrogen-bond donors (Lipinski definition) is 2.